The van der Waals surface area contributed by atoms with Gasteiger partial charge in [-0.2, -0.15) is 0 Å². The van der Waals surface area contributed by atoms with Crippen LogP contribution in [0.5, 0.6) is 0 Å². The van der Waals surface area contributed by atoms with Crippen LogP contribution in [-0.4, -0.2) is 36.7 Å². The van der Waals surface area contributed by atoms with Gasteiger partial charge < -0.3 is 15.4 Å². The number of amides is 1. The van der Waals surface area contributed by atoms with Crippen molar-refractivity contribution < 1.29 is 9.53 Å². The highest BCUT2D eigenvalue weighted by Crippen LogP contribution is 2.21. The lowest BCUT2D eigenvalue weighted by Crippen LogP contribution is -2.43. The molecule has 0 radical (unpaired) electrons. The number of carbonyl (C=O) groups is 1. The molecule has 1 aromatic rings. The van der Waals surface area contributed by atoms with Gasteiger partial charge in [0.2, 0.25) is 5.91 Å². The summed E-state index contributed by atoms with van der Waals surface area (Å²) in [6, 6.07) is 0.114. The number of nitrogens with zero attached hydrogens (tertiary/aromatic N) is 1. The van der Waals surface area contributed by atoms with Crippen LogP contribution in [0.25, 0.3) is 0 Å². The molecular weight excluding hydrogens is 286 g/mol. The van der Waals surface area contributed by atoms with Gasteiger partial charge in [0.25, 0.3) is 0 Å². The highest BCUT2D eigenvalue weighted by Gasteiger charge is 2.17. The van der Waals surface area contributed by atoms with Crippen LogP contribution in [0.15, 0.2) is 5.38 Å². The molecule has 108 valence electrons. The van der Waals surface area contributed by atoms with E-state index in [9.17, 15) is 4.79 Å². The second-order valence-corrected chi connectivity index (χ2v) is 5.57. The Labute approximate surface area is 123 Å². The minimum absolute atomic E-state index is 0. The molecule has 2 rings (SSSR count). The molecule has 5 nitrogen and oxygen atoms in total. The average molecular weight is 306 g/mol. The molecule has 0 bridgehead atoms. The molecule has 0 saturated carbocycles. The molecule has 1 fully saturated rings. The van der Waals surface area contributed by atoms with E-state index < -0.39 is 0 Å². The van der Waals surface area contributed by atoms with Crippen LogP contribution in [0.3, 0.4) is 0 Å². The minimum Gasteiger partial charge on any atom is -0.378 e. The number of hydrogen-bond acceptors (Lipinski definition) is 5. The quantitative estimate of drug-likeness (QED) is 0.893. The Kier molecular flexibility index (Phi) is 6.71. The van der Waals surface area contributed by atoms with Crippen LogP contribution in [0, 0.1) is 0 Å². The first-order valence-electron chi connectivity index (χ1n) is 6.21. The first-order valence-corrected chi connectivity index (χ1v) is 7.09. The first kappa shape index (κ1) is 16.4. The number of thiazole rings is 1. The Morgan fingerprint density at radius 1 is 1.68 bits per heavy atom. The maximum absolute atomic E-state index is 11.8. The normalized spacial score (nSPS) is 19.0. The van der Waals surface area contributed by atoms with E-state index in [0.717, 1.165) is 18.8 Å². The predicted molar refractivity (Wildman–Crippen MR) is 79.3 cm³/mol. The van der Waals surface area contributed by atoms with Crippen LogP contribution >= 0.6 is 23.7 Å². The number of morpholine rings is 1. The van der Waals surface area contributed by atoms with Gasteiger partial charge in [0.15, 0.2) is 5.13 Å². The highest BCUT2D eigenvalue weighted by molar-refractivity contribution is 7.13. The van der Waals surface area contributed by atoms with Crippen LogP contribution in [-0.2, 0) is 9.53 Å². The van der Waals surface area contributed by atoms with E-state index in [1.807, 2.05) is 5.38 Å². The Hall–Kier alpha value is -0.690. The fourth-order valence-electron chi connectivity index (χ4n) is 1.75. The Balaban J connectivity index is 0.00000180. The number of nitrogens with one attached hydrogen (secondary N) is 2. The lowest BCUT2D eigenvalue weighted by atomic mass is 10.2. The third kappa shape index (κ3) is 5.06. The van der Waals surface area contributed by atoms with Gasteiger partial charge in [-0.1, -0.05) is 13.8 Å². The number of hydrogen-bond donors (Lipinski definition) is 2. The lowest BCUT2D eigenvalue weighted by Gasteiger charge is -2.22. The fraction of sp³-hybridized carbons (Fsp3) is 0.667. The van der Waals surface area contributed by atoms with Gasteiger partial charge >= 0.3 is 0 Å². The third-order valence-electron chi connectivity index (χ3n) is 2.79. The molecule has 0 aliphatic carbocycles. The maximum Gasteiger partial charge on any atom is 0.227 e. The van der Waals surface area contributed by atoms with E-state index in [2.05, 4.69) is 29.5 Å². The largest absolute Gasteiger partial charge is 0.378 e. The summed E-state index contributed by atoms with van der Waals surface area (Å²) in [5.41, 5.74) is 1.02. The molecule has 7 heteroatoms. The lowest BCUT2D eigenvalue weighted by molar-refractivity contribution is -0.117. The van der Waals surface area contributed by atoms with Crippen molar-refractivity contribution in [2.45, 2.75) is 32.2 Å². The molecule has 1 aliphatic heterocycles. The van der Waals surface area contributed by atoms with E-state index in [0.29, 0.717) is 24.1 Å². The van der Waals surface area contributed by atoms with Crippen molar-refractivity contribution in [3.05, 3.63) is 11.1 Å². The second-order valence-electron chi connectivity index (χ2n) is 4.71. The first-order chi connectivity index (χ1) is 8.65. The van der Waals surface area contributed by atoms with Crippen molar-refractivity contribution in [3.63, 3.8) is 0 Å². The number of ether oxygens (including phenoxy) is 1. The van der Waals surface area contributed by atoms with Gasteiger partial charge in [0, 0.05) is 24.4 Å². The zero-order valence-corrected chi connectivity index (χ0v) is 12.8. The molecule has 1 aliphatic rings. The Morgan fingerprint density at radius 2 is 2.47 bits per heavy atom. The van der Waals surface area contributed by atoms with E-state index in [1.165, 1.54) is 11.3 Å². The van der Waals surface area contributed by atoms with Gasteiger partial charge in [-0.3, -0.25) is 4.79 Å². The number of halogens is 1. The van der Waals surface area contributed by atoms with Crippen molar-refractivity contribution in [2.75, 3.05) is 25.1 Å². The van der Waals surface area contributed by atoms with Gasteiger partial charge in [-0.05, 0) is 5.92 Å². The average Bonchev–Trinajstić information content (AvgIpc) is 2.78. The van der Waals surface area contributed by atoms with Gasteiger partial charge in [-0.15, -0.1) is 23.7 Å². The number of rotatable bonds is 4. The number of carbonyl (C=O) groups excluding carboxylic acids is 1. The fourth-order valence-corrected chi connectivity index (χ4v) is 2.64. The Morgan fingerprint density at radius 3 is 3.05 bits per heavy atom. The molecule has 1 saturated heterocycles. The molecule has 2 heterocycles. The van der Waals surface area contributed by atoms with E-state index >= 15 is 0 Å². The monoisotopic (exact) mass is 305 g/mol. The molecule has 2 N–H and O–H groups in total. The molecule has 1 unspecified atom stereocenters. The molecule has 0 spiro atoms. The van der Waals surface area contributed by atoms with Crippen LogP contribution < -0.4 is 10.6 Å². The maximum atomic E-state index is 11.8. The predicted octanol–water partition coefficient (Wildman–Crippen LogP) is 2.01. The van der Waals surface area contributed by atoms with Crippen molar-refractivity contribution in [1.29, 1.82) is 0 Å². The Bertz CT molecular complexity index is 405. The summed E-state index contributed by atoms with van der Waals surface area (Å²) in [4.78, 5) is 16.2. The van der Waals surface area contributed by atoms with Gasteiger partial charge in [0.05, 0.1) is 18.9 Å². The summed E-state index contributed by atoms with van der Waals surface area (Å²) in [7, 11) is 0. The second kappa shape index (κ2) is 7.79. The highest BCUT2D eigenvalue weighted by atomic mass is 35.5. The summed E-state index contributed by atoms with van der Waals surface area (Å²) >= 11 is 1.47. The zero-order valence-electron chi connectivity index (χ0n) is 11.1. The molecule has 0 aromatic carbocycles. The van der Waals surface area contributed by atoms with Crippen LogP contribution in [0.1, 0.15) is 31.9 Å². The summed E-state index contributed by atoms with van der Waals surface area (Å²) in [6.45, 7) is 6.31. The molecule has 19 heavy (non-hydrogen) atoms. The standard InChI is InChI=1S/C12H19N3O2S.ClH/c1-8(2)10-7-18-12(14-10)15-11(16)5-9-6-17-4-3-13-9;/h7-9,13H,3-6H2,1-2H3,(H,14,15,16);1H. The molecular formula is C12H20ClN3O2S. The summed E-state index contributed by atoms with van der Waals surface area (Å²) in [5, 5.41) is 8.76. The van der Waals surface area contributed by atoms with E-state index in [1.54, 1.807) is 0 Å². The van der Waals surface area contributed by atoms with Crippen molar-refractivity contribution >= 4 is 34.8 Å². The zero-order chi connectivity index (χ0) is 13.0. The molecule has 1 aromatic heterocycles. The molecule has 1 amide bonds. The van der Waals surface area contributed by atoms with Crippen LogP contribution in [0.4, 0.5) is 5.13 Å². The number of anilines is 1. The minimum atomic E-state index is -0.0114. The number of aromatic nitrogens is 1. The van der Waals surface area contributed by atoms with Crippen molar-refractivity contribution in [1.82, 2.24) is 10.3 Å². The smallest absolute Gasteiger partial charge is 0.227 e. The van der Waals surface area contributed by atoms with Gasteiger partial charge in [-0.25, -0.2) is 4.98 Å². The topological polar surface area (TPSA) is 63.2 Å². The van der Waals surface area contributed by atoms with E-state index in [-0.39, 0.29) is 24.4 Å². The summed E-state index contributed by atoms with van der Waals surface area (Å²) < 4.78 is 5.31. The molecule has 1 atom stereocenters. The summed E-state index contributed by atoms with van der Waals surface area (Å²) in [5.74, 6) is 0.378. The van der Waals surface area contributed by atoms with Crippen molar-refractivity contribution in [2.24, 2.45) is 0 Å². The SMILES string of the molecule is CC(C)c1csc(NC(=O)CC2COCCN2)n1.Cl. The third-order valence-corrected chi connectivity index (χ3v) is 3.57. The summed E-state index contributed by atoms with van der Waals surface area (Å²) in [6.07, 6.45) is 0.427. The van der Waals surface area contributed by atoms with Crippen molar-refractivity contribution in [3.8, 4) is 0 Å². The van der Waals surface area contributed by atoms with Gasteiger partial charge in [0.1, 0.15) is 0 Å². The van der Waals surface area contributed by atoms with Crippen LogP contribution in [0.2, 0.25) is 0 Å². The van der Waals surface area contributed by atoms with E-state index in [4.69, 9.17) is 4.74 Å².